The maximum atomic E-state index is 12.0. The second-order valence-electron chi connectivity index (χ2n) is 5.25. The Balaban J connectivity index is 1.73. The standard InChI is InChI=1S/C16H22N2O2/c1-2-16(20)17-14-8-10-18(12-14)11-9-15(19)13-6-4-3-5-7-13/h3-7,14H,2,8-12H2,1H3,(H,17,20). The average molecular weight is 274 g/mol. The molecule has 0 spiro atoms. The molecule has 0 saturated carbocycles. The first kappa shape index (κ1) is 14.7. The van der Waals surface area contributed by atoms with Gasteiger partial charge in [-0.05, 0) is 6.42 Å². The Morgan fingerprint density at radius 3 is 2.75 bits per heavy atom. The molecular formula is C16H22N2O2. The average Bonchev–Trinajstić information content (AvgIpc) is 2.93. The minimum Gasteiger partial charge on any atom is -0.352 e. The van der Waals surface area contributed by atoms with Gasteiger partial charge in [0.15, 0.2) is 5.78 Å². The van der Waals surface area contributed by atoms with Gasteiger partial charge in [0.1, 0.15) is 0 Å². The van der Waals surface area contributed by atoms with E-state index in [4.69, 9.17) is 0 Å². The second kappa shape index (κ2) is 7.20. The molecule has 1 saturated heterocycles. The zero-order chi connectivity index (χ0) is 14.4. The van der Waals surface area contributed by atoms with Gasteiger partial charge in [0.2, 0.25) is 5.91 Å². The molecule has 0 aromatic heterocycles. The van der Waals surface area contributed by atoms with E-state index in [1.165, 1.54) is 0 Å². The molecule has 20 heavy (non-hydrogen) atoms. The third kappa shape index (κ3) is 4.17. The summed E-state index contributed by atoms with van der Waals surface area (Å²) in [5.74, 6) is 0.295. The normalized spacial score (nSPS) is 18.9. The predicted molar refractivity (Wildman–Crippen MR) is 78.7 cm³/mol. The first-order valence-electron chi connectivity index (χ1n) is 7.29. The molecule has 1 unspecified atom stereocenters. The van der Waals surface area contributed by atoms with Gasteiger partial charge >= 0.3 is 0 Å². The number of Topliss-reactive ketones (excluding diaryl/α,β-unsaturated/α-hetero) is 1. The lowest BCUT2D eigenvalue weighted by Gasteiger charge is -2.16. The molecule has 1 amide bonds. The van der Waals surface area contributed by atoms with Crippen LogP contribution in [-0.4, -0.2) is 42.3 Å². The Bertz CT molecular complexity index is 459. The van der Waals surface area contributed by atoms with E-state index in [1.807, 2.05) is 37.3 Å². The summed E-state index contributed by atoms with van der Waals surface area (Å²) in [6.07, 6.45) is 2.05. The fourth-order valence-corrected chi connectivity index (χ4v) is 2.51. The lowest BCUT2D eigenvalue weighted by Crippen LogP contribution is -2.37. The zero-order valence-electron chi connectivity index (χ0n) is 12.0. The highest BCUT2D eigenvalue weighted by atomic mass is 16.1. The molecule has 1 aliphatic rings. The van der Waals surface area contributed by atoms with Gasteiger partial charge in [-0.15, -0.1) is 0 Å². The highest BCUT2D eigenvalue weighted by Gasteiger charge is 2.23. The lowest BCUT2D eigenvalue weighted by molar-refractivity contribution is -0.121. The van der Waals surface area contributed by atoms with Gasteiger partial charge in [0.25, 0.3) is 0 Å². The van der Waals surface area contributed by atoms with Crippen molar-refractivity contribution in [2.75, 3.05) is 19.6 Å². The van der Waals surface area contributed by atoms with Crippen molar-refractivity contribution in [3.8, 4) is 0 Å². The first-order valence-corrected chi connectivity index (χ1v) is 7.29. The van der Waals surface area contributed by atoms with Crippen molar-refractivity contribution in [1.82, 2.24) is 10.2 Å². The van der Waals surface area contributed by atoms with Crippen LogP contribution >= 0.6 is 0 Å². The molecule has 1 N–H and O–H groups in total. The van der Waals surface area contributed by atoms with Gasteiger partial charge in [0.05, 0.1) is 0 Å². The Kier molecular flexibility index (Phi) is 5.30. The fourth-order valence-electron chi connectivity index (χ4n) is 2.51. The Morgan fingerprint density at radius 2 is 2.05 bits per heavy atom. The number of amides is 1. The molecule has 1 heterocycles. The summed E-state index contributed by atoms with van der Waals surface area (Å²) < 4.78 is 0. The Morgan fingerprint density at radius 1 is 1.30 bits per heavy atom. The summed E-state index contributed by atoms with van der Waals surface area (Å²) in [6, 6.07) is 9.65. The second-order valence-corrected chi connectivity index (χ2v) is 5.25. The number of hydrogen-bond donors (Lipinski definition) is 1. The number of carbonyl (C=O) groups excluding carboxylic acids is 2. The molecular weight excluding hydrogens is 252 g/mol. The van der Waals surface area contributed by atoms with E-state index < -0.39 is 0 Å². The van der Waals surface area contributed by atoms with Crippen molar-refractivity contribution in [3.63, 3.8) is 0 Å². The topological polar surface area (TPSA) is 49.4 Å². The molecule has 0 radical (unpaired) electrons. The number of likely N-dealkylation sites (tertiary alicyclic amines) is 1. The van der Waals surface area contributed by atoms with E-state index in [0.29, 0.717) is 12.8 Å². The third-order valence-corrected chi connectivity index (χ3v) is 3.71. The molecule has 0 bridgehead atoms. The van der Waals surface area contributed by atoms with Gasteiger partial charge in [0, 0.05) is 44.1 Å². The van der Waals surface area contributed by atoms with Crippen LogP contribution in [0.3, 0.4) is 0 Å². The van der Waals surface area contributed by atoms with Crippen LogP contribution < -0.4 is 5.32 Å². The molecule has 1 aliphatic heterocycles. The number of nitrogens with one attached hydrogen (secondary N) is 1. The number of benzene rings is 1. The quantitative estimate of drug-likeness (QED) is 0.806. The molecule has 4 heteroatoms. The minimum atomic E-state index is 0.109. The van der Waals surface area contributed by atoms with Crippen LogP contribution in [0.25, 0.3) is 0 Å². The first-order chi connectivity index (χ1) is 9.69. The smallest absolute Gasteiger partial charge is 0.219 e. The number of hydrogen-bond acceptors (Lipinski definition) is 3. The van der Waals surface area contributed by atoms with Crippen LogP contribution in [0.1, 0.15) is 36.5 Å². The molecule has 1 aromatic carbocycles. The van der Waals surface area contributed by atoms with Crippen LogP contribution in [0.2, 0.25) is 0 Å². The maximum absolute atomic E-state index is 12.0. The summed E-state index contributed by atoms with van der Waals surface area (Å²) in [5, 5.41) is 3.01. The van der Waals surface area contributed by atoms with Gasteiger partial charge in [-0.1, -0.05) is 37.3 Å². The summed E-state index contributed by atoms with van der Waals surface area (Å²) in [5.41, 5.74) is 0.780. The Labute approximate surface area is 120 Å². The molecule has 1 aromatic rings. The van der Waals surface area contributed by atoms with E-state index in [9.17, 15) is 9.59 Å². The van der Waals surface area contributed by atoms with E-state index in [2.05, 4.69) is 10.2 Å². The van der Waals surface area contributed by atoms with E-state index in [-0.39, 0.29) is 17.7 Å². The zero-order valence-corrected chi connectivity index (χ0v) is 12.0. The van der Waals surface area contributed by atoms with E-state index >= 15 is 0 Å². The third-order valence-electron chi connectivity index (χ3n) is 3.71. The highest BCUT2D eigenvalue weighted by Crippen LogP contribution is 2.11. The number of rotatable bonds is 6. The van der Waals surface area contributed by atoms with Crippen molar-refractivity contribution < 1.29 is 9.59 Å². The van der Waals surface area contributed by atoms with Gasteiger partial charge in [-0.25, -0.2) is 0 Å². The van der Waals surface area contributed by atoms with Crippen LogP contribution in [0.15, 0.2) is 30.3 Å². The van der Waals surface area contributed by atoms with E-state index in [1.54, 1.807) is 0 Å². The van der Waals surface area contributed by atoms with Crippen molar-refractivity contribution in [2.24, 2.45) is 0 Å². The van der Waals surface area contributed by atoms with Crippen molar-refractivity contribution in [3.05, 3.63) is 35.9 Å². The van der Waals surface area contributed by atoms with Crippen LogP contribution in [0.5, 0.6) is 0 Å². The molecule has 108 valence electrons. The van der Waals surface area contributed by atoms with Gasteiger partial charge in [-0.3, -0.25) is 9.59 Å². The molecule has 0 aliphatic carbocycles. The van der Waals surface area contributed by atoms with Crippen LogP contribution in [0.4, 0.5) is 0 Å². The van der Waals surface area contributed by atoms with Crippen molar-refractivity contribution in [2.45, 2.75) is 32.2 Å². The fraction of sp³-hybridized carbons (Fsp3) is 0.500. The largest absolute Gasteiger partial charge is 0.352 e. The summed E-state index contributed by atoms with van der Waals surface area (Å²) in [6.45, 7) is 4.44. The number of nitrogens with zero attached hydrogens (tertiary/aromatic N) is 1. The summed E-state index contributed by atoms with van der Waals surface area (Å²) in [7, 11) is 0. The number of carbonyl (C=O) groups is 2. The SMILES string of the molecule is CCC(=O)NC1CCN(CCC(=O)c2ccccc2)C1. The lowest BCUT2D eigenvalue weighted by atomic mass is 10.1. The van der Waals surface area contributed by atoms with Crippen LogP contribution in [0, 0.1) is 0 Å². The Hall–Kier alpha value is -1.68. The van der Waals surface area contributed by atoms with Crippen LogP contribution in [-0.2, 0) is 4.79 Å². The monoisotopic (exact) mass is 274 g/mol. The molecule has 4 nitrogen and oxygen atoms in total. The predicted octanol–water partition coefficient (Wildman–Crippen LogP) is 1.86. The minimum absolute atomic E-state index is 0.109. The van der Waals surface area contributed by atoms with Gasteiger partial charge < -0.3 is 10.2 Å². The molecule has 1 atom stereocenters. The molecule has 1 fully saturated rings. The maximum Gasteiger partial charge on any atom is 0.219 e. The van der Waals surface area contributed by atoms with E-state index in [0.717, 1.165) is 31.6 Å². The highest BCUT2D eigenvalue weighted by molar-refractivity contribution is 5.96. The van der Waals surface area contributed by atoms with Gasteiger partial charge in [-0.2, -0.15) is 0 Å². The van der Waals surface area contributed by atoms with Crippen molar-refractivity contribution >= 4 is 11.7 Å². The number of ketones is 1. The van der Waals surface area contributed by atoms with Crippen molar-refractivity contribution in [1.29, 1.82) is 0 Å². The summed E-state index contributed by atoms with van der Waals surface area (Å²) >= 11 is 0. The molecule has 2 rings (SSSR count). The summed E-state index contributed by atoms with van der Waals surface area (Å²) in [4.78, 5) is 25.6.